The molecule has 0 aliphatic rings. The van der Waals surface area contributed by atoms with E-state index in [0.717, 1.165) is 11.3 Å². The Hall–Kier alpha value is -3.24. The van der Waals surface area contributed by atoms with Crippen LogP contribution in [0.25, 0.3) is 11.3 Å². The van der Waals surface area contributed by atoms with Gasteiger partial charge in [-0.2, -0.15) is 5.10 Å². The van der Waals surface area contributed by atoms with Crippen LogP contribution in [-0.4, -0.2) is 54.7 Å². The highest BCUT2D eigenvalue weighted by molar-refractivity contribution is 5.91. The minimum absolute atomic E-state index is 0.0703. The molecule has 154 valence electrons. The number of likely N-dealkylation sites (N-methyl/N-ethyl adjacent to an activating group) is 1. The van der Waals surface area contributed by atoms with Crippen molar-refractivity contribution in [1.29, 1.82) is 0 Å². The van der Waals surface area contributed by atoms with E-state index in [9.17, 15) is 14.4 Å². The van der Waals surface area contributed by atoms with Crippen molar-refractivity contribution < 1.29 is 14.4 Å². The van der Waals surface area contributed by atoms with Gasteiger partial charge in [-0.25, -0.2) is 0 Å². The zero-order valence-electron chi connectivity index (χ0n) is 16.4. The Morgan fingerprint density at radius 1 is 1.07 bits per heavy atom. The molecule has 1 aromatic heterocycles. The first kappa shape index (κ1) is 24.8. The second-order valence-electron chi connectivity index (χ2n) is 5.17. The number of amides is 3. The fourth-order valence-corrected chi connectivity index (χ4v) is 2.18. The third-order valence-electron chi connectivity index (χ3n) is 3.32. The smallest absolute Gasteiger partial charge is 0.242 e. The maximum Gasteiger partial charge on any atom is 0.242 e. The van der Waals surface area contributed by atoms with Crippen LogP contribution in [0.15, 0.2) is 42.6 Å². The van der Waals surface area contributed by atoms with Gasteiger partial charge in [-0.15, -0.1) is 0 Å². The quantitative estimate of drug-likeness (QED) is 0.397. The summed E-state index contributed by atoms with van der Waals surface area (Å²) >= 11 is 0. The molecule has 0 spiro atoms. The largest absolute Gasteiger partial charge is 0.370 e. The molecule has 1 aromatic carbocycles. The first-order valence-electron chi connectivity index (χ1n) is 8.53. The number of benzene rings is 1. The first-order valence-corrected chi connectivity index (χ1v) is 8.53. The molecule has 0 saturated heterocycles. The number of primary amides is 1. The van der Waals surface area contributed by atoms with E-state index in [2.05, 4.69) is 27.2 Å². The van der Waals surface area contributed by atoms with Crippen molar-refractivity contribution in [2.24, 2.45) is 17.2 Å². The van der Waals surface area contributed by atoms with Gasteiger partial charge in [-0.3, -0.25) is 19.1 Å². The molecule has 0 radical (unpaired) electrons. The predicted molar refractivity (Wildman–Crippen MR) is 108 cm³/mol. The third kappa shape index (κ3) is 8.43. The number of hydrogen-bond donors (Lipinski definition) is 5. The second kappa shape index (κ2) is 13.9. The Balaban J connectivity index is 0.00000171. The standard InChI is InChI=1S/C16H19N5O3.2CH5N/c1-18-16(24)13(9-14(17)22)19-15(23)10-21-8-7-12(20-21)11-5-3-2-4-6-11;2*1-2/h2-8,13H,9-10H2,1H3,(H2,17,22)(H,18,24)(H,19,23);2*2H2,1H3/t13-;;/m0../s1. The lowest BCUT2D eigenvalue weighted by Crippen LogP contribution is -2.48. The van der Waals surface area contributed by atoms with Crippen LogP contribution in [0.3, 0.4) is 0 Å². The average Bonchev–Trinajstić information content (AvgIpc) is 3.18. The molecule has 2 rings (SSSR count). The summed E-state index contributed by atoms with van der Waals surface area (Å²) in [6, 6.07) is 10.3. The molecule has 1 heterocycles. The molecule has 0 unspecified atom stereocenters. The van der Waals surface area contributed by atoms with E-state index in [-0.39, 0.29) is 13.0 Å². The van der Waals surface area contributed by atoms with Crippen molar-refractivity contribution in [3.63, 3.8) is 0 Å². The van der Waals surface area contributed by atoms with Crippen LogP contribution in [-0.2, 0) is 20.9 Å². The molecule has 0 fully saturated rings. The molecule has 28 heavy (non-hydrogen) atoms. The zero-order valence-corrected chi connectivity index (χ0v) is 16.4. The summed E-state index contributed by atoms with van der Waals surface area (Å²) in [5.74, 6) is -1.59. The normalized spacial score (nSPS) is 10.3. The molecule has 0 bridgehead atoms. The van der Waals surface area contributed by atoms with Crippen LogP contribution in [0.4, 0.5) is 0 Å². The lowest BCUT2D eigenvalue weighted by molar-refractivity contribution is -0.131. The van der Waals surface area contributed by atoms with E-state index in [1.54, 1.807) is 12.3 Å². The SMILES string of the molecule is CN.CN.CNC(=O)[C@H](CC(N)=O)NC(=O)Cn1ccc(-c2ccccc2)n1. The number of nitrogens with zero attached hydrogens (tertiary/aromatic N) is 2. The summed E-state index contributed by atoms with van der Waals surface area (Å²) in [6.07, 6.45) is 1.41. The van der Waals surface area contributed by atoms with Gasteiger partial charge in [0, 0.05) is 18.8 Å². The van der Waals surface area contributed by atoms with E-state index < -0.39 is 23.8 Å². The van der Waals surface area contributed by atoms with E-state index in [1.807, 2.05) is 30.3 Å². The number of carbonyl (C=O) groups excluding carboxylic acids is 3. The molecule has 10 nitrogen and oxygen atoms in total. The number of rotatable bonds is 7. The van der Waals surface area contributed by atoms with Crippen LogP contribution in [0.2, 0.25) is 0 Å². The molecular weight excluding hydrogens is 362 g/mol. The molecule has 8 N–H and O–H groups in total. The van der Waals surface area contributed by atoms with Gasteiger partial charge in [-0.05, 0) is 20.2 Å². The van der Waals surface area contributed by atoms with E-state index in [4.69, 9.17) is 5.73 Å². The molecule has 3 amide bonds. The van der Waals surface area contributed by atoms with Gasteiger partial charge in [0.05, 0.1) is 12.1 Å². The van der Waals surface area contributed by atoms with Crippen molar-refractivity contribution >= 4 is 17.7 Å². The first-order chi connectivity index (χ1) is 13.5. The molecule has 2 aromatic rings. The third-order valence-corrected chi connectivity index (χ3v) is 3.32. The molecule has 0 saturated carbocycles. The molecule has 0 aliphatic carbocycles. The molecular formula is C18H29N7O3. The summed E-state index contributed by atoms with van der Waals surface area (Å²) < 4.78 is 1.46. The summed E-state index contributed by atoms with van der Waals surface area (Å²) in [5.41, 5.74) is 15.8. The maximum absolute atomic E-state index is 12.1. The van der Waals surface area contributed by atoms with Crippen LogP contribution in [0, 0.1) is 0 Å². The Morgan fingerprint density at radius 3 is 2.21 bits per heavy atom. The number of aromatic nitrogens is 2. The fourth-order valence-electron chi connectivity index (χ4n) is 2.18. The van der Waals surface area contributed by atoms with Gasteiger partial charge >= 0.3 is 0 Å². The highest BCUT2D eigenvalue weighted by Crippen LogP contribution is 2.15. The van der Waals surface area contributed by atoms with Gasteiger partial charge in [0.1, 0.15) is 12.6 Å². The van der Waals surface area contributed by atoms with Crippen molar-refractivity contribution in [3.05, 3.63) is 42.6 Å². The number of carbonyl (C=O) groups is 3. The topological polar surface area (TPSA) is 171 Å². The van der Waals surface area contributed by atoms with E-state index in [0.29, 0.717) is 0 Å². The Bertz CT molecular complexity index is 732. The second-order valence-corrected chi connectivity index (χ2v) is 5.17. The van der Waals surface area contributed by atoms with Crippen molar-refractivity contribution in [2.45, 2.75) is 19.0 Å². The number of nitrogens with two attached hydrogens (primary N) is 3. The van der Waals surface area contributed by atoms with Crippen molar-refractivity contribution in [3.8, 4) is 11.3 Å². The van der Waals surface area contributed by atoms with Gasteiger partial charge in [0.2, 0.25) is 17.7 Å². The molecule has 1 atom stereocenters. The van der Waals surface area contributed by atoms with Gasteiger partial charge < -0.3 is 27.8 Å². The van der Waals surface area contributed by atoms with Gasteiger partial charge in [-0.1, -0.05) is 30.3 Å². The predicted octanol–water partition coefficient (Wildman–Crippen LogP) is -1.19. The molecule has 0 aliphatic heterocycles. The number of hydrogen-bond acceptors (Lipinski definition) is 6. The summed E-state index contributed by atoms with van der Waals surface area (Å²) in [4.78, 5) is 34.7. The van der Waals surface area contributed by atoms with Crippen molar-refractivity contribution in [2.75, 3.05) is 21.1 Å². The van der Waals surface area contributed by atoms with E-state index >= 15 is 0 Å². The lowest BCUT2D eigenvalue weighted by Gasteiger charge is -2.15. The Morgan fingerprint density at radius 2 is 1.68 bits per heavy atom. The Labute approximate surface area is 164 Å². The summed E-state index contributed by atoms with van der Waals surface area (Å²) in [5, 5.41) is 9.18. The fraction of sp³-hybridized carbons (Fsp3) is 0.333. The monoisotopic (exact) mass is 391 g/mol. The van der Waals surface area contributed by atoms with Crippen molar-refractivity contribution in [1.82, 2.24) is 20.4 Å². The minimum atomic E-state index is -0.996. The lowest BCUT2D eigenvalue weighted by atomic mass is 10.2. The number of nitrogens with one attached hydrogen (secondary N) is 2. The molecule has 10 heteroatoms. The van der Waals surface area contributed by atoms with Gasteiger partial charge in [0.25, 0.3) is 0 Å². The van der Waals surface area contributed by atoms with E-state index in [1.165, 1.54) is 25.8 Å². The highest BCUT2D eigenvalue weighted by Gasteiger charge is 2.22. The van der Waals surface area contributed by atoms with Crippen LogP contribution in [0.1, 0.15) is 6.42 Å². The van der Waals surface area contributed by atoms with Crippen LogP contribution < -0.4 is 27.8 Å². The summed E-state index contributed by atoms with van der Waals surface area (Å²) in [6.45, 7) is -0.0703. The van der Waals surface area contributed by atoms with Crippen LogP contribution in [0.5, 0.6) is 0 Å². The highest BCUT2D eigenvalue weighted by atomic mass is 16.2. The average molecular weight is 391 g/mol. The van der Waals surface area contributed by atoms with Gasteiger partial charge in [0.15, 0.2) is 0 Å². The van der Waals surface area contributed by atoms with Crippen LogP contribution >= 0.6 is 0 Å². The Kier molecular flexibility index (Phi) is 12.3. The summed E-state index contributed by atoms with van der Waals surface area (Å²) in [7, 11) is 4.42. The zero-order chi connectivity index (χ0) is 21.5. The minimum Gasteiger partial charge on any atom is -0.370 e. The maximum atomic E-state index is 12.1.